The van der Waals surface area contributed by atoms with Gasteiger partial charge >= 0.3 is 5.97 Å². The van der Waals surface area contributed by atoms with Crippen molar-refractivity contribution in [1.82, 2.24) is 0 Å². The van der Waals surface area contributed by atoms with Crippen LogP contribution in [0.4, 0.5) is 4.39 Å². The van der Waals surface area contributed by atoms with E-state index >= 15 is 0 Å². The number of carboxylic acids is 1. The lowest BCUT2D eigenvalue weighted by Gasteiger charge is -2.04. The van der Waals surface area contributed by atoms with Gasteiger partial charge in [-0.25, -0.2) is 9.18 Å². The maximum atomic E-state index is 13.2. The number of furan rings is 1. The van der Waals surface area contributed by atoms with Crippen LogP contribution in [0.15, 0.2) is 34.9 Å². The van der Waals surface area contributed by atoms with E-state index < -0.39 is 17.3 Å². The summed E-state index contributed by atoms with van der Waals surface area (Å²) in [5, 5.41) is 18.2. The van der Waals surface area contributed by atoms with Gasteiger partial charge in [0.1, 0.15) is 17.3 Å². The number of hydrogen-bond acceptors (Lipinski definition) is 3. The third-order valence-electron chi connectivity index (χ3n) is 2.10. The van der Waals surface area contributed by atoms with E-state index in [1.54, 1.807) is 12.1 Å². The van der Waals surface area contributed by atoms with Crippen molar-refractivity contribution in [2.45, 2.75) is 0 Å². The topological polar surface area (TPSA) is 70.7 Å². The average molecular weight is 222 g/mol. The molecule has 5 heteroatoms. The molecule has 1 aromatic heterocycles. The zero-order valence-corrected chi connectivity index (χ0v) is 7.98. The van der Waals surface area contributed by atoms with Gasteiger partial charge in [-0.2, -0.15) is 0 Å². The minimum Gasteiger partial charge on any atom is -0.507 e. The normalized spacial score (nSPS) is 10.3. The Morgan fingerprint density at radius 3 is 2.69 bits per heavy atom. The van der Waals surface area contributed by atoms with Crippen LogP contribution >= 0.6 is 0 Å². The highest BCUT2D eigenvalue weighted by Gasteiger charge is 2.16. The fourth-order valence-corrected chi connectivity index (χ4v) is 1.36. The van der Waals surface area contributed by atoms with E-state index in [9.17, 15) is 14.3 Å². The molecule has 2 rings (SSSR count). The van der Waals surface area contributed by atoms with Crippen molar-refractivity contribution in [2.75, 3.05) is 0 Å². The zero-order chi connectivity index (χ0) is 11.7. The number of aromatic carboxylic acids is 1. The Morgan fingerprint density at radius 2 is 2.12 bits per heavy atom. The summed E-state index contributed by atoms with van der Waals surface area (Å²) in [5.74, 6) is -2.47. The lowest BCUT2D eigenvalue weighted by Crippen LogP contribution is -2.00. The molecule has 0 radical (unpaired) electrons. The Hall–Kier alpha value is -2.30. The van der Waals surface area contributed by atoms with E-state index in [0.717, 1.165) is 12.1 Å². The van der Waals surface area contributed by atoms with Crippen LogP contribution in [0.1, 0.15) is 10.4 Å². The third-order valence-corrected chi connectivity index (χ3v) is 2.10. The highest BCUT2D eigenvalue weighted by Crippen LogP contribution is 2.31. The summed E-state index contributed by atoms with van der Waals surface area (Å²) in [6, 6.07) is 4.91. The van der Waals surface area contributed by atoms with Crippen molar-refractivity contribution < 1.29 is 23.8 Å². The summed E-state index contributed by atoms with van der Waals surface area (Å²) in [6.07, 6.45) is 1.37. The van der Waals surface area contributed by atoms with Gasteiger partial charge in [-0.1, -0.05) is 0 Å². The molecule has 0 aliphatic rings. The first-order valence-electron chi connectivity index (χ1n) is 4.39. The third kappa shape index (κ3) is 1.63. The maximum Gasteiger partial charge on any atom is 0.338 e. The van der Waals surface area contributed by atoms with Crippen LogP contribution in [0.2, 0.25) is 0 Å². The molecule has 2 N–H and O–H groups in total. The Labute approximate surface area is 89.6 Å². The van der Waals surface area contributed by atoms with E-state index in [1.807, 2.05) is 0 Å². The quantitative estimate of drug-likeness (QED) is 0.818. The molecule has 1 heterocycles. The molecule has 1 aromatic carbocycles. The second kappa shape index (κ2) is 3.69. The van der Waals surface area contributed by atoms with Gasteiger partial charge in [-0.3, -0.25) is 0 Å². The van der Waals surface area contributed by atoms with Gasteiger partial charge in [0.05, 0.1) is 17.4 Å². The minimum absolute atomic E-state index is 0.142. The highest BCUT2D eigenvalue weighted by atomic mass is 19.1. The van der Waals surface area contributed by atoms with Gasteiger partial charge in [0, 0.05) is 6.07 Å². The molecule has 0 unspecified atom stereocenters. The molecule has 0 atom stereocenters. The fourth-order valence-electron chi connectivity index (χ4n) is 1.36. The van der Waals surface area contributed by atoms with Crippen LogP contribution in [0.5, 0.6) is 5.75 Å². The number of rotatable bonds is 2. The number of halogens is 1. The number of hydrogen-bond donors (Lipinski definition) is 2. The first kappa shape index (κ1) is 10.2. The van der Waals surface area contributed by atoms with E-state index in [0.29, 0.717) is 0 Å². The molecule has 0 aliphatic heterocycles. The first-order valence-corrected chi connectivity index (χ1v) is 4.39. The van der Waals surface area contributed by atoms with Gasteiger partial charge in [0.2, 0.25) is 0 Å². The van der Waals surface area contributed by atoms with Gasteiger partial charge < -0.3 is 14.6 Å². The molecule has 4 nitrogen and oxygen atoms in total. The number of phenolic OH excluding ortho intramolecular Hbond substituents is 1. The van der Waals surface area contributed by atoms with E-state index in [2.05, 4.69) is 0 Å². The monoisotopic (exact) mass is 222 g/mol. The van der Waals surface area contributed by atoms with Crippen molar-refractivity contribution in [3.63, 3.8) is 0 Å². The van der Waals surface area contributed by atoms with Crippen LogP contribution < -0.4 is 0 Å². The lowest BCUT2D eigenvalue weighted by molar-refractivity contribution is 0.0692. The van der Waals surface area contributed by atoms with Crippen molar-refractivity contribution in [1.29, 1.82) is 0 Å². The van der Waals surface area contributed by atoms with Crippen LogP contribution in [0.25, 0.3) is 11.3 Å². The number of benzene rings is 1. The molecular formula is C11H7FO4. The number of carboxylic acid groups (broad SMARTS) is 1. The summed E-state index contributed by atoms with van der Waals surface area (Å²) in [5.41, 5.74) is -0.368. The molecule has 2 aromatic rings. The summed E-state index contributed by atoms with van der Waals surface area (Å²) >= 11 is 0. The van der Waals surface area contributed by atoms with Crippen LogP contribution in [0, 0.1) is 5.82 Å². The summed E-state index contributed by atoms with van der Waals surface area (Å²) in [4.78, 5) is 10.7. The smallest absolute Gasteiger partial charge is 0.338 e. The van der Waals surface area contributed by atoms with Crippen molar-refractivity contribution in [3.05, 3.63) is 41.9 Å². The average Bonchev–Trinajstić information content (AvgIpc) is 2.70. The standard InChI is InChI=1S/C11H7FO4/c12-8-5-9(13)7(4-6(8)11(14)15)10-2-1-3-16-10/h1-5,13H,(H,14,15). The predicted octanol–water partition coefficient (Wildman–Crippen LogP) is 2.49. The molecular weight excluding hydrogens is 215 g/mol. The van der Waals surface area contributed by atoms with Gasteiger partial charge in [-0.15, -0.1) is 0 Å². The second-order valence-corrected chi connectivity index (χ2v) is 3.13. The maximum absolute atomic E-state index is 13.2. The molecule has 0 bridgehead atoms. The van der Waals surface area contributed by atoms with Gasteiger partial charge in [0.25, 0.3) is 0 Å². The van der Waals surface area contributed by atoms with Crippen molar-refractivity contribution in [2.24, 2.45) is 0 Å². The van der Waals surface area contributed by atoms with Crippen LogP contribution in [0.3, 0.4) is 0 Å². The summed E-state index contributed by atoms with van der Waals surface area (Å²) in [7, 11) is 0. The Kier molecular flexibility index (Phi) is 2.36. The highest BCUT2D eigenvalue weighted by molar-refractivity contribution is 5.90. The summed E-state index contributed by atoms with van der Waals surface area (Å²) in [6.45, 7) is 0. The Morgan fingerprint density at radius 1 is 1.38 bits per heavy atom. The molecule has 0 aliphatic carbocycles. The number of carbonyl (C=O) groups is 1. The minimum atomic E-state index is -1.40. The van der Waals surface area contributed by atoms with Crippen molar-refractivity contribution >= 4 is 5.97 Å². The van der Waals surface area contributed by atoms with E-state index in [4.69, 9.17) is 9.52 Å². The molecule has 82 valence electrons. The molecule has 0 amide bonds. The SMILES string of the molecule is O=C(O)c1cc(-c2ccco2)c(O)cc1F. The molecule has 0 saturated heterocycles. The van der Waals surface area contributed by atoms with Crippen molar-refractivity contribution in [3.8, 4) is 17.1 Å². The predicted molar refractivity (Wildman–Crippen MR) is 52.7 cm³/mol. The molecule has 0 saturated carbocycles. The number of aromatic hydroxyl groups is 1. The van der Waals surface area contributed by atoms with Crippen LogP contribution in [-0.2, 0) is 0 Å². The van der Waals surface area contributed by atoms with E-state index in [-0.39, 0.29) is 17.1 Å². The second-order valence-electron chi connectivity index (χ2n) is 3.13. The first-order chi connectivity index (χ1) is 7.59. The zero-order valence-electron chi connectivity index (χ0n) is 7.98. The lowest BCUT2D eigenvalue weighted by atomic mass is 10.1. The van der Waals surface area contributed by atoms with Crippen LogP contribution in [-0.4, -0.2) is 16.2 Å². The summed E-state index contributed by atoms with van der Waals surface area (Å²) < 4.78 is 18.2. The fraction of sp³-hybridized carbons (Fsp3) is 0. The van der Waals surface area contributed by atoms with Gasteiger partial charge in [0.15, 0.2) is 0 Å². The number of phenols is 1. The van der Waals surface area contributed by atoms with Gasteiger partial charge in [-0.05, 0) is 18.2 Å². The molecule has 0 spiro atoms. The largest absolute Gasteiger partial charge is 0.507 e. The molecule has 16 heavy (non-hydrogen) atoms. The van der Waals surface area contributed by atoms with E-state index in [1.165, 1.54) is 6.26 Å². The Balaban J connectivity index is 2.63. The molecule has 0 fully saturated rings. The Bertz CT molecular complexity index is 531.